The first-order valence-electron chi connectivity index (χ1n) is 10.4. The molecule has 4 fully saturated rings. The molecule has 162 valence electrons. The largest absolute Gasteiger partial charge is 0.435 e. The van der Waals surface area contributed by atoms with Crippen LogP contribution in [0.1, 0.15) is 31.4 Å². The van der Waals surface area contributed by atoms with Crippen molar-refractivity contribution in [1.82, 2.24) is 19.0 Å². The minimum absolute atomic E-state index is 0.162. The van der Waals surface area contributed by atoms with Crippen LogP contribution in [0.3, 0.4) is 0 Å². The summed E-state index contributed by atoms with van der Waals surface area (Å²) in [6, 6.07) is 0.974. The Bertz CT molecular complexity index is 775. The number of nitrogens with zero attached hydrogens (tertiary/aromatic N) is 4. The molecule has 1 aromatic rings. The molecular weight excluding hydrogens is 405 g/mol. The van der Waals surface area contributed by atoms with Gasteiger partial charge in [0.25, 0.3) is 0 Å². The van der Waals surface area contributed by atoms with Crippen molar-refractivity contribution < 1.29 is 22.1 Å². The van der Waals surface area contributed by atoms with Gasteiger partial charge in [-0.2, -0.15) is 18.3 Å². The fourth-order valence-electron chi connectivity index (χ4n) is 4.83. The SMILES string of the molecule is O=S(c1cc(C(F)(F)F)nn1CC1CC1)N1CC2(CN(CC3CCOCC3)C2)C1. The van der Waals surface area contributed by atoms with Crippen molar-refractivity contribution in [1.29, 1.82) is 0 Å². The first-order valence-corrected chi connectivity index (χ1v) is 11.5. The molecule has 1 unspecified atom stereocenters. The molecule has 0 amide bonds. The molecule has 0 aromatic carbocycles. The highest BCUT2D eigenvalue weighted by Gasteiger charge is 2.54. The molecule has 1 spiro atoms. The minimum Gasteiger partial charge on any atom is -0.381 e. The summed E-state index contributed by atoms with van der Waals surface area (Å²) in [5.41, 5.74) is -0.780. The van der Waals surface area contributed by atoms with E-state index in [1.165, 1.54) is 4.68 Å². The van der Waals surface area contributed by atoms with Crippen LogP contribution >= 0.6 is 0 Å². The Kier molecular flexibility index (Phi) is 5.04. The van der Waals surface area contributed by atoms with E-state index in [1.807, 2.05) is 0 Å². The number of aromatic nitrogens is 2. The van der Waals surface area contributed by atoms with E-state index in [4.69, 9.17) is 4.74 Å². The summed E-state index contributed by atoms with van der Waals surface area (Å²) in [6.07, 6.45) is -0.271. The van der Waals surface area contributed by atoms with Gasteiger partial charge in [-0.05, 0) is 37.5 Å². The van der Waals surface area contributed by atoms with Gasteiger partial charge in [0.15, 0.2) is 5.69 Å². The molecule has 3 aliphatic heterocycles. The standard InChI is InChI=1S/C19H27F3N4O2S/c20-19(21,22)16-7-17(26(23-16)9-14-1-2-14)29(27)25-12-18(13-25)10-24(11-18)8-15-3-5-28-6-4-15/h7,14-15H,1-6,8-13H2. The number of alkyl halides is 3. The van der Waals surface area contributed by atoms with Crippen LogP contribution in [-0.4, -0.2) is 69.1 Å². The van der Waals surface area contributed by atoms with Crippen molar-refractivity contribution in [2.24, 2.45) is 17.3 Å². The quantitative estimate of drug-likeness (QED) is 0.693. The smallest absolute Gasteiger partial charge is 0.381 e. The molecule has 5 rings (SSSR count). The van der Waals surface area contributed by atoms with Crippen LogP contribution in [0.2, 0.25) is 0 Å². The summed E-state index contributed by atoms with van der Waals surface area (Å²) in [6.45, 7) is 6.57. The van der Waals surface area contributed by atoms with E-state index < -0.39 is 22.9 Å². The third-order valence-electron chi connectivity index (χ3n) is 6.57. The lowest BCUT2D eigenvalue weighted by molar-refractivity contribution is -0.141. The monoisotopic (exact) mass is 432 g/mol. The zero-order valence-corrected chi connectivity index (χ0v) is 17.2. The van der Waals surface area contributed by atoms with E-state index in [0.29, 0.717) is 31.5 Å². The van der Waals surface area contributed by atoms with Gasteiger partial charge in [0, 0.05) is 64.0 Å². The molecule has 0 bridgehead atoms. The van der Waals surface area contributed by atoms with Crippen LogP contribution in [0, 0.1) is 17.3 Å². The zero-order chi connectivity index (χ0) is 20.2. The van der Waals surface area contributed by atoms with Gasteiger partial charge >= 0.3 is 6.18 Å². The summed E-state index contributed by atoms with van der Waals surface area (Å²) < 4.78 is 60.9. The van der Waals surface area contributed by atoms with Crippen molar-refractivity contribution in [3.8, 4) is 0 Å². The third-order valence-corrected chi connectivity index (χ3v) is 7.99. The average Bonchev–Trinajstić information content (AvgIpc) is 3.31. The van der Waals surface area contributed by atoms with Crippen LogP contribution in [0.15, 0.2) is 11.1 Å². The molecule has 1 saturated carbocycles. The van der Waals surface area contributed by atoms with Gasteiger partial charge in [-0.15, -0.1) is 0 Å². The molecule has 4 aliphatic rings. The molecule has 0 radical (unpaired) electrons. The fraction of sp³-hybridized carbons (Fsp3) is 0.842. The Morgan fingerprint density at radius 3 is 2.34 bits per heavy atom. The Morgan fingerprint density at radius 1 is 1.07 bits per heavy atom. The maximum atomic E-state index is 13.1. The number of rotatable bonds is 6. The summed E-state index contributed by atoms with van der Waals surface area (Å²) >= 11 is 0. The molecule has 29 heavy (non-hydrogen) atoms. The van der Waals surface area contributed by atoms with Crippen molar-refractivity contribution >= 4 is 11.0 Å². The number of ether oxygens (including phenoxy) is 1. The molecule has 10 heteroatoms. The van der Waals surface area contributed by atoms with Gasteiger partial charge in [-0.3, -0.25) is 4.68 Å². The Balaban J connectivity index is 1.18. The third kappa shape index (κ3) is 4.13. The molecule has 4 heterocycles. The van der Waals surface area contributed by atoms with Gasteiger partial charge in [0.05, 0.1) is 0 Å². The molecule has 3 saturated heterocycles. The zero-order valence-electron chi connectivity index (χ0n) is 16.4. The van der Waals surface area contributed by atoms with E-state index >= 15 is 0 Å². The Labute approximate surface area is 170 Å². The van der Waals surface area contributed by atoms with Crippen molar-refractivity contribution in [2.75, 3.05) is 45.9 Å². The van der Waals surface area contributed by atoms with Crippen molar-refractivity contribution in [2.45, 2.75) is 43.4 Å². The van der Waals surface area contributed by atoms with Crippen molar-refractivity contribution in [3.05, 3.63) is 11.8 Å². The van der Waals surface area contributed by atoms with Crippen LogP contribution in [0.5, 0.6) is 0 Å². The van der Waals surface area contributed by atoms with Crippen LogP contribution in [0.25, 0.3) is 0 Å². The lowest BCUT2D eigenvalue weighted by Gasteiger charge is -2.60. The number of halogens is 3. The first-order chi connectivity index (χ1) is 13.8. The topological polar surface area (TPSA) is 50.6 Å². The first kappa shape index (κ1) is 20.0. The lowest BCUT2D eigenvalue weighted by atomic mass is 9.74. The highest BCUT2D eigenvalue weighted by atomic mass is 32.2. The van der Waals surface area contributed by atoms with E-state index in [-0.39, 0.29) is 10.4 Å². The van der Waals surface area contributed by atoms with Crippen LogP contribution < -0.4 is 0 Å². The average molecular weight is 433 g/mol. The predicted molar refractivity (Wildman–Crippen MR) is 100 cm³/mol. The van der Waals surface area contributed by atoms with E-state index in [9.17, 15) is 17.4 Å². The molecule has 1 aliphatic carbocycles. The predicted octanol–water partition coefficient (Wildman–Crippen LogP) is 2.38. The molecule has 0 N–H and O–H groups in total. The highest BCUT2D eigenvalue weighted by molar-refractivity contribution is 7.82. The molecular formula is C19H27F3N4O2S. The normalized spacial score (nSPS) is 27.0. The number of likely N-dealkylation sites (tertiary alicyclic amines) is 1. The summed E-state index contributed by atoms with van der Waals surface area (Å²) in [5, 5.41) is 3.92. The van der Waals surface area contributed by atoms with Gasteiger partial charge in [-0.1, -0.05) is 0 Å². The number of hydrogen-bond donors (Lipinski definition) is 0. The molecule has 1 aromatic heterocycles. The van der Waals surface area contributed by atoms with Gasteiger partial charge < -0.3 is 9.64 Å². The summed E-state index contributed by atoms with van der Waals surface area (Å²) in [7, 11) is -1.59. The maximum absolute atomic E-state index is 13.1. The van der Waals surface area contributed by atoms with E-state index in [2.05, 4.69) is 10.00 Å². The molecule has 6 nitrogen and oxygen atoms in total. The van der Waals surface area contributed by atoms with Crippen LogP contribution in [0.4, 0.5) is 13.2 Å². The van der Waals surface area contributed by atoms with Gasteiger partial charge in [-0.25, -0.2) is 8.51 Å². The minimum atomic E-state index is -4.51. The lowest BCUT2D eigenvalue weighted by Crippen LogP contribution is -2.72. The van der Waals surface area contributed by atoms with E-state index in [0.717, 1.165) is 64.6 Å². The maximum Gasteiger partial charge on any atom is 0.435 e. The second-order valence-electron chi connectivity index (χ2n) is 9.26. The van der Waals surface area contributed by atoms with Gasteiger partial charge in [0.1, 0.15) is 16.0 Å². The summed E-state index contributed by atoms with van der Waals surface area (Å²) in [4.78, 5) is 2.45. The highest BCUT2D eigenvalue weighted by Crippen LogP contribution is 2.42. The van der Waals surface area contributed by atoms with Gasteiger partial charge in [0.2, 0.25) is 0 Å². The number of hydrogen-bond acceptors (Lipinski definition) is 4. The Hall–Kier alpha value is -0.970. The summed E-state index contributed by atoms with van der Waals surface area (Å²) in [5.74, 6) is 1.06. The van der Waals surface area contributed by atoms with Crippen LogP contribution in [-0.2, 0) is 28.4 Å². The van der Waals surface area contributed by atoms with E-state index in [1.54, 1.807) is 4.31 Å². The molecule has 1 atom stereocenters. The second-order valence-corrected chi connectivity index (χ2v) is 10.7. The Morgan fingerprint density at radius 2 is 1.72 bits per heavy atom. The van der Waals surface area contributed by atoms with Crippen molar-refractivity contribution in [3.63, 3.8) is 0 Å². The fourth-order valence-corrected chi connectivity index (χ4v) is 6.39. The second kappa shape index (κ2) is 7.32.